The summed E-state index contributed by atoms with van der Waals surface area (Å²) < 4.78 is 22.3. The van der Waals surface area contributed by atoms with Gasteiger partial charge in [-0.3, -0.25) is 4.79 Å². The van der Waals surface area contributed by atoms with E-state index in [2.05, 4.69) is 9.88 Å². The average Bonchev–Trinajstić information content (AvgIpc) is 3.55. The molecular formula is C31H38N4O5. The number of piperidine rings is 1. The van der Waals surface area contributed by atoms with Crippen LogP contribution in [0.25, 0.3) is 11.1 Å². The van der Waals surface area contributed by atoms with E-state index in [1.165, 1.54) is 25.9 Å². The Kier molecular flexibility index (Phi) is 8.60. The molecule has 9 heteroatoms. The molecule has 2 aromatic carbocycles. The summed E-state index contributed by atoms with van der Waals surface area (Å²) >= 11 is 0. The molecule has 1 amide bonds. The number of methoxy groups -OCH3 is 3. The molecule has 3 aromatic rings. The Morgan fingerprint density at radius 3 is 2.12 bits per heavy atom. The first-order valence-electron chi connectivity index (χ1n) is 13.8. The second kappa shape index (κ2) is 12.5. The summed E-state index contributed by atoms with van der Waals surface area (Å²) in [6, 6.07) is 13.8. The number of ether oxygens (including phenoxy) is 4. The van der Waals surface area contributed by atoms with Gasteiger partial charge in [0.1, 0.15) is 6.61 Å². The highest BCUT2D eigenvalue weighted by molar-refractivity contribution is 5.94. The monoisotopic (exact) mass is 546 g/mol. The highest BCUT2D eigenvalue weighted by atomic mass is 16.5. The van der Waals surface area contributed by atoms with E-state index in [4.69, 9.17) is 24.7 Å². The van der Waals surface area contributed by atoms with Crippen molar-refractivity contribution in [2.45, 2.75) is 38.3 Å². The molecule has 0 spiro atoms. The molecule has 1 aromatic heterocycles. The summed E-state index contributed by atoms with van der Waals surface area (Å²) in [5.41, 5.74) is 9.42. The lowest BCUT2D eigenvalue weighted by atomic mass is 10.0. The van der Waals surface area contributed by atoms with Gasteiger partial charge in [-0.25, -0.2) is 4.98 Å². The zero-order chi connectivity index (χ0) is 28.1. The van der Waals surface area contributed by atoms with E-state index in [9.17, 15) is 4.79 Å². The van der Waals surface area contributed by atoms with Gasteiger partial charge in [0, 0.05) is 36.5 Å². The van der Waals surface area contributed by atoms with Gasteiger partial charge in [0.2, 0.25) is 5.75 Å². The zero-order valence-electron chi connectivity index (χ0n) is 23.5. The van der Waals surface area contributed by atoms with Gasteiger partial charge in [-0.2, -0.15) is 0 Å². The van der Waals surface area contributed by atoms with Gasteiger partial charge in [-0.15, -0.1) is 0 Å². The molecule has 5 rings (SSSR count). The van der Waals surface area contributed by atoms with Gasteiger partial charge in [-0.1, -0.05) is 12.1 Å². The second-order valence-corrected chi connectivity index (χ2v) is 10.3. The van der Waals surface area contributed by atoms with Gasteiger partial charge in [0.15, 0.2) is 23.1 Å². The van der Waals surface area contributed by atoms with Crippen molar-refractivity contribution in [2.75, 3.05) is 53.2 Å². The van der Waals surface area contributed by atoms with E-state index < -0.39 is 0 Å². The first-order valence-corrected chi connectivity index (χ1v) is 13.8. The summed E-state index contributed by atoms with van der Waals surface area (Å²) in [5, 5.41) is 0. The summed E-state index contributed by atoms with van der Waals surface area (Å²) in [6.45, 7) is 4.27. The minimum Gasteiger partial charge on any atom is -0.493 e. The normalized spacial score (nSPS) is 16.1. The number of hydrogen-bond acceptors (Lipinski definition) is 8. The van der Waals surface area contributed by atoms with E-state index in [-0.39, 0.29) is 12.5 Å². The fourth-order valence-electron chi connectivity index (χ4n) is 5.64. The van der Waals surface area contributed by atoms with E-state index in [0.29, 0.717) is 40.4 Å². The number of amides is 1. The average molecular weight is 547 g/mol. The number of nitrogen functional groups attached to an aromatic ring is 1. The molecule has 2 aliphatic rings. The molecule has 212 valence electrons. The topological polar surface area (TPSA) is 99.4 Å². The summed E-state index contributed by atoms with van der Waals surface area (Å²) in [7, 11) is 4.71. The fraction of sp³-hybridized carbons (Fsp3) is 0.419. The maximum absolute atomic E-state index is 13.2. The third-order valence-corrected chi connectivity index (χ3v) is 7.87. The molecule has 0 saturated carbocycles. The van der Waals surface area contributed by atoms with Crippen LogP contribution in [0.5, 0.6) is 23.0 Å². The van der Waals surface area contributed by atoms with Crippen LogP contribution in [0.3, 0.4) is 0 Å². The van der Waals surface area contributed by atoms with Crippen LogP contribution in [0.2, 0.25) is 0 Å². The number of carbonyl (C=O) groups excluding carboxylic acids is 1. The van der Waals surface area contributed by atoms with Crippen LogP contribution in [0.15, 0.2) is 48.7 Å². The van der Waals surface area contributed by atoms with Crippen LogP contribution in [0, 0.1) is 0 Å². The molecule has 0 radical (unpaired) electrons. The molecule has 2 N–H and O–H groups in total. The van der Waals surface area contributed by atoms with Crippen LogP contribution in [0.1, 0.15) is 41.6 Å². The minimum atomic E-state index is 0.0937. The first kappa shape index (κ1) is 27.6. The number of anilines is 1. The number of aromatic nitrogens is 1. The van der Waals surface area contributed by atoms with Crippen LogP contribution >= 0.6 is 0 Å². The van der Waals surface area contributed by atoms with Crippen molar-refractivity contribution in [2.24, 2.45) is 0 Å². The molecule has 0 aliphatic carbocycles. The predicted octanol–water partition coefficient (Wildman–Crippen LogP) is 4.64. The quantitative estimate of drug-likeness (QED) is 0.415. The lowest BCUT2D eigenvalue weighted by molar-refractivity contribution is 0.0644. The number of carbonyl (C=O) groups is 1. The molecule has 2 saturated heterocycles. The Hall–Kier alpha value is -3.98. The van der Waals surface area contributed by atoms with Crippen molar-refractivity contribution in [3.05, 3.63) is 59.8 Å². The Balaban J connectivity index is 1.24. The number of nitrogens with two attached hydrogens (primary N) is 1. The molecular weight excluding hydrogens is 508 g/mol. The molecule has 0 bridgehead atoms. The second-order valence-electron chi connectivity index (χ2n) is 10.3. The summed E-state index contributed by atoms with van der Waals surface area (Å²) in [4.78, 5) is 22.1. The summed E-state index contributed by atoms with van der Waals surface area (Å²) in [5.74, 6) is 2.46. The van der Waals surface area contributed by atoms with Gasteiger partial charge in [0.25, 0.3) is 5.91 Å². The van der Waals surface area contributed by atoms with E-state index in [0.717, 1.165) is 42.6 Å². The molecule has 0 unspecified atom stereocenters. The number of nitrogens with zero attached hydrogens (tertiary/aromatic N) is 3. The van der Waals surface area contributed by atoms with Crippen molar-refractivity contribution in [1.29, 1.82) is 0 Å². The SMILES string of the molecule is COc1cc(COc2cc(-c3ccc(C(=O)N4CCC(N5CCCC5)CC4)cc3)cnc2N)cc(OC)c1OC. The zero-order valence-corrected chi connectivity index (χ0v) is 23.5. The van der Waals surface area contributed by atoms with Crippen LogP contribution in [-0.4, -0.2) is 74.2 Å². The molecule has 2 fully saturated rings. The smallest absolute Gasteiger partial charge is 0.253 e. The summed E-state index contributed by atoms with van der Waals surface area (Å²) in [6.07, 6.45) is 6.42. The number of hydrogen-bond donors (Lipinski definition) is 1. The van der Waals surface area contributed by atoms with Crippen molar-refractivity contribution in [1.82, 2.24) is 14.8 Å². The van der Waals surface area contributed by atoms with Gasteiger partial charge < -0.3 is 34.5 Å². The Morgan fingerprint density at radius 1 is 0.875 bits per heavy atom. The number of pyridine rings is 1. The van der Waals surface area contributed by atoms with Crippen LogP contribution in [0.4, 0.5) is 5.82 Å². The first-order chi connectivity index (χ1) is 19.5. The number of benzene rings is 2. The molecule has 2 aliphatic heterocycles. The van der Waals surface area contributed by atoms with E-state index in [1.807, 2.05) is 47.4 Å². The third-order valence-electron chi connectivity index (χ3n) is 7.87. The largest absolute Gasteiger partial charge is 0.493 e. The van der Waals surface area contributed by atoms with Gasteiger partial charge in [-0.05, 0) is 80.2 Å². The maximum atomic E-state index is 13.2. The molecule has 40 heavy (non-hydrogen) atoms. The highest BCUT2D eigenvalue weighted by Crippen LogP contribution is 2.38. The van der Waals surface area contributed by atoms with Crippen LogP contribution < -0.4 is 24.7 Å². The Morgan fingerprint density at radius 2 is 1.52 bits per heavy atom. The lowest BCUT2D eigenvalue weighted by Crippen LogP contribution is -2.45. The third kappa shape index (κ3) is 5.94. The predicted molar refractivity (Wildman–Crippen MR) is 154 cm³/mol. The van der Waals surface area contributed by atoms with Crippen LogP contribution in [-0.2, 0) is 6.61 Å². The van der Waals surface area contributed by atoms with Crippen molar-refractivity contribution >= 4 is 11.7 Å². The molecule has 0 atom stereocenters. The van der Waals surface area contributed by atoms with Gasteiger partial charge in [0.05, 0.1) is 21.3 Å². The van der Waals surface area contributed by atoms with Crippen molar-refractivity contribution in [3.8, 4) is 34.1 Å². The molecule has 9 nitrogen and oxygen atoms in total. The molecule has 3 heterocycles. The van der Waals surface area contributed by atoms with E-state index >= 15 is 0 Å². The maximum Gasteiger partial charge on any atom is 0.253 e. The lowest BCUT2D eigenvalue weighted by Gasteiger charge is -2.36. The Bertz CT molecular complexity index is 1290. The highest BCUT2D eigenvalue weighted by Gasteiger charge is 2.28. The van der Waals surface area contributed by atoms with Crippen molar-refractivity contribution < 1.29 is 23.7 Å². The number of rotatable bonds is 9. The Labute approximate surface area is 235 Å². The van der Waals surface area contributed by atoms with Crippen molar-refractivity contribution in [3.63, 3.8) is 0 Å². The van der Waals surface area contributed by atoms with Gasteiger partial charge >= 0.3 is 0 Å². The minimum absolute atomic E-state index is 0.0937. The van der Waals surface area contributed by atoms with E-state index in [1.54, 1.807) is 27.5 Å². The standard InChI is InChI=1S/C31H38N4O5/c1-37-26-16-21(17-27(38-2)29(26)39-3)20-40-28-18-24(19-33-30(28)32)22-6-8-23(9-7-22)31(36)35-14-10-25(11-15-35)34-12-4-5-13-34/h6-9,16-19,25H,4-5,10-15,20H2,1-3H3,(H2,32,33). The number of likely N-dealkylation sites (tertiary alicyclic amines) is 2. The fourth-order valence-corrected chi connectivity index (χ4v) is 5.64.